The molecule has 1 heterocycles. The van der Waals surface area contributed by atoms with E-state index in [-0.39, 0.29) is 55.5 Å². The van der Waals surface area contributed by atoms with Crippen LogP contribution in [0.1, 0.15) is 24.8 Å². The van der Waals surface area contributed by atoms with Crippen LogP contribution in [0, 0.1) is 11.3 Å². The molecule has 2 atom stereocenters. The molecule has 3 N–H and O–H groups in total. The first-order valence-corrected chi connectivity index (χ1v) is 13.4. The molecule has 1 aliphatic heterocycles. The number of sulfone groups is 1. The summed E-state index contributed by atoms with van der Waals surface area (Å²) in [6.45, 7) is 0.516. The lowest BCUT2D eigenvalue weighted by Gasteiger charge is -2.25. The zero-order valence-corrected chi connectivity index (χ0v) is 21.9. The maximum Gasteiger partial charge on any atom is 0.306 e. The summed E-state index contributed by atoms with van der Waals surface area (Å²) in [5, 5.41) is 7.49. The Labute approximate surface area is 217 Å². The second-order valence-corrected chi connectivity index (χ2v) is 11.0. The lowest BCUT2D eigenvalue weighted by Crippen LogP contribution is -2.38. The van der Waals surface area contributed by atoms with Gasteiger partial charge in [0.05, 0.1) is 31.2 Å². The largest absolute Gasteiger partial charge is 0.491 e. The van der Waals surface area contributed by atoms with E-state index in [2.05, 4.69) is 0 Å². The monoisotopic (exact) mass is 537 g/mol. The van der Waals surface area contributed by atoms with Crippen LogP contribution in [0.2, 0.25) is 0 Å². The van der Waals surface area contributed by atoms with Crippen LogP contribution < -0.4 is 10.5 Å². The van der Waals surface area contributed by atoms with Crippen LogP contribution in [0.4, 0.5) is 0 Å². The Morgan fingerprint density at radius 1 is 1.11 bits per heavy atom. The van der Waals surface area contributed by atoms with Gasteiger partial charge in [0.1, 0.15) is 28.0 Å². The number of hydrogen-bond acceptors (Lipinski definition) is 7. The number of nitrogens with two attached hydrogens (primary N) is 1. The summed E-state index contributed by atoms with van der Waals surface area (Å²) in [6, 6.07) is 14.6. The molecule has 1 amide bonds. The molecule has 0 aromatic heterocycles. The maximum absolute atomic E-state index is 12.9. The summed E-state index contributed by atoms with van der Waals surface area (Å²) in [5.74, 6) is -0.496. The van der Waals surface area contributed by atoms with E-state index >= 15 is 0 Å². The summed E-state index contributed by atoms with van der Waals surface area (Å²) < 4.78 is 33.7. The number of rotatable bonds is 11. The molecule has 1 fully saturated rings. The lowest BCUT2D eigenvalue weighted by atomic mass is 10.0. The zero-order valence-electron chi connectivity index (χ0n) is 20.3. The minimum atomic E-state index is -3.14. The fraction of sp³-hybridized carbons (Fsp3) is 0.400. The third kappa shape index (κ3) is 7.96. The predicted octanol–water partition coefficient (Wildman–Crippen LogP) is 2.65. The fourth-order valence-electron chi connectivity index (χ4n) is 4.15. The molecule has 9 nitrogen and oxygen atoms in total. The highest BCUT2D eigenvalue weighted by Gasteiger charge is 2.40. The second kappa shape index (κ2) is 12.7. The van der Waals surface area contributed by atoms with Gasteiger partial charge >= 0.3 is 5.97 Å². The number of nitrogens with zero attached hydrogens (tertiary/aromatic N) is 1. The van der Waals surface area contributed by atoms with Crippen LogP contribution in [-0.2, 0) is 24.2 Å². The standard InChI is InChI=1S/C25H31N3O6S.ClH/c1-33-23(29)15-20-14-21(28(25(20)30)12-3-13-35(2,31)32)16-34-22-10-8-18(9-11-22)17-4-6-19(7-5-17)24(26)27;/h4-11,20-21H,3,12-16H2,1-2H3,(H3,26,27);1H/t20-,21-;/m0./s1. The number of carbonyl (C=O) groups is 2. The van der Waals surface area contributed by atoms with Crippen LogP contribution >= 0.6 is 12.4 Å². The average Bonchev–Trinajstić information content (AvgIpc) is 3.11. The molecule has 0 radical (unpaired) electrons. The zero-order chi connectivity index (χ0) is 25.6. The third-order valence-electron chi connectivity index (χ3n) is 6.01. The number of methoxy groups -OCH3 is 1. The lowest BCUT2D eigenvalue weighted by molar-refractivity contribution is -0.144. The van der Waals surface area contributed by atoms with Gasteiger partial charge in [0, 0.05) is 18.4 Å². The third-order valence-corrected chi connectivity index (χ3v) is 7.04. The first-order chi connectivity index (χ1) is 16.6. The number of amides is 1. The Bertz CT molecular complexity index is 1170. The Hall–Kier alpha value is -3.11. The minimum Gasteiger partial charge on any atom is -0.491 e. The Morgan fingerprint density at radius 3 is 2.22 bits per heavy atom. The van der Waals surface area contributed by atoms with Crippen LogP contribution in [0.25, 0.3) is 11.1 Å². The quantitative estimate of drug-likeness (QED) is 0.255. The first-order valence-electron chi connectivity index (χ1n) is 11.3. The first kappa shape index (κ1) is 29.1. The van der Waals surface area contributed by atoms with Crippen LogP contribution in [-0.4, -0.2) is 69.3 Å². The molecule has 0 spiro atoms. The summed E-state index contributed by atoms with van der Waals surface area (Å²) in [5.41, 5.74) is 8.12. The van der Waals surface area contributed by atoms with Crippen molar-refractivity contribution >= 4 is 40.0 Å². The SMILES string of the molecule is COC(=O)C[C@@H]1C[C@@H](COc2ccc(-c3ccc(C(=N)N)cc3)cc2)N(CCCS(C)(=O)=O)C1=O.Cl. The van der Waals surface area contributed by atoms with Gasteiger partial charge in [-0.3, -0.25) is 15.0 Å². The van der Waals surface area contributed by atoms with E-state index in [1.807, 2.05) is 36.4 Å². The van der Waals surface area contributed by atoms with Crippen LogP contribution in [0.3, 0.4) is 0 Å². The van der Waals surface area contributed by atoms with E-state index < -0.39 is 21.7 Å². The molecule has 0 aliphatic carbocycles. The van der Waals surface area contributed by atoms with Gasteiger partial charge in [-0.1, -0.05) is 36.4 Å². The van der Waals surface area contributed by atoms with Gasteiger partial charge in [-0.2, -0.15) is 0 Å². The molecule has 2 aromatic carbocycles. The maximum atomic E-state index is 12.9. The molecule has 0 saturated carbocycles. The van der Waals surface area contributed by atoms with Gasteiger partial charge in [0.15, 0.2) is 0 Å². The van der Waals surface area contributed by atoms with E-state index in [0.29, 0.717) is 24.2 Å². The number of hydrogen-bond donors (Lipinski definition) is 2. The number of ether oxygens (including phenoxy) is 2. The summed E-state index contributed by atoms with van der Waals surface area (Å²) in [6.07, 6.45) is 1.92. The van der Waals surface area contributed by atoms with Gasteiger partial charge in [-0.25, -0.2) is 8.42 Å². The highest BCUT2D eigenvalue weighted by atomic mass is 35.5. The van der Waals surface area contributed by atoms with Crippen molar-refractivity contribution in [1.82, 2.24) is 4.90 Å². The Kier molecular flexibility index (Phi) is 10.3. The molecule has 1 saturated heterocycles. The molecule has 196 valence electrons. The summed E-state index contributed by atoms with van der Waals surface area (Å²) >= 11 is 0. The molecule has 0 unspecified atom stereocenters. The number of esters is 1. The van der Waals surface area contributed by atoms with Crippen molar-refractivity contribution in [2.24, 2.45) is 11.7 Å². The smallest absolute Gasteiger partial charge is 0.306 e. The van der Waals surface area contributed by atoms with Crippen molar-refractivity contribution in [2.75, 3.05) is 32.3 Å². The van der Waals surface area contributed by atoms with E-state index in [4.69, 9.17) is 20.6 Å². The van der Waals surface area contributed by atoms with E-state index in [1.165, 1.54) is 13.4 Å². The van der Waals surface area contributed by atoms with Crippen molar-refractivity contribution < 1.29 is 27.5 Å². The van der Waals surface area contributed by atoms with Crippen molar-refractivity contribution in [3.05, 3.63) is 54.1 Å². The van der Waals surface area contributed by atoms with Crippen LogP contribution in [0.15, 0.2) is 48.5 Å². The normalized spacial score (nSPS) is 17.4. The number of nitrogens with one attached hydrogen (secondary N) is 1. The molecule has 1 aliphatic rings. The minimum absolute atomic E-state index is 0. The molecule has 3 rings (SSSR count). The van der Waals surface area contributed by atoms with Gasteiger partial charge < -0.3 is 20.1 Å². The van der Waals surface area contributed by atoms with Crippen LogP contribution in [0.5, 0.6) is 5.75 Å². The van der Waals surface area contributed by atoms with Gasteiger partial charge in [0.2, 0.25) is 5.91 Å². The number of amidine groups is 1. The average molecular weight is 538 g/mol. The number of halogens is 1. The Balaban J connectivity index is 0.00000456. The topological polar surface area (TPSA) is 140 Å². The number of nitrogen functional groups attached to an aromatic ring is 1. The molecule has 2 aromatic rings. The highest BCUT2D eigenvalue weighted by molar-refractivity contribution is 7.90. The Morgan fingerprint density at radius 2 is 1.69 bits per heavy atom. The van der Waals surface area contributed by atoms with Gasteiger partial charge in [0.25, 0.3) is 0 Å². The van der Waals surface area contributed by atoms with E-state index in [0.717, 1.165) is 11.1 Å². The number of benzene rings is 2. The predicted molar refractivity (Wildman–Crippen MR) is 140 cm³/mol. The molecular weight excluding hydrogens is 506 g/mol. The van der Waals surface area contributed by atoms with Crippen molar-refractivity contribution in [2.45, 2.75) is 25.3 Å². The molecule has 11 heteroatoms. The van der Waals surface area contributed by atoms with Crippen molar-refractivity contribution in [3.63, 3.8) is 0 Å². The number of carbonyl (C=O) groups excluding carboxylic acids is 2. The molecular formula is C25H32ClN3O6S. The summed E-state index contributed by atoms with van der Waals surface area (Å²) in [4.78, 5) is 26.3. The molecule has 0 bridgehead atoms. The number of likely N-dealkylation sites (tertiary alicyclic amines) is 1. The van der Waals surface area contributed by atoms with Gasteiger partial charge in [-0.05, 0) is 36.1 Å². The molecule has 36 heavy (non-hydrogen) atoms. The van der Waals surface area contributed by atoms with Crippen molar-refractivity contribution in [1.29, 1.82) is 5.41 Å². The second-order valence-electron chi connectivity index (χ2n) is 8.71. The van der Waals surface area contributed by atoms with Gasteiger partial charge in [-0.15, -0.1) is 12.4 Å². The van der Waals surface area contributed by atoms with Crippen molar-refractivity contribution in [3.8, 4) is 16.9 Å². The summed E-state index contributed by atoms with van der Waals surface area (Å²) in [7, 11) is -1.85. The highest BCUT2D eigenvalue weighted by Crippen LogP contribution is 2.29. The van der Waals surface area contributed by atoms with E-state index in [1.54, 1.807) is 17.0 Å². The van der Waals surface area contributed by atoms with E-state index in [9.17, 15) is 18.0 Å². The fourth-order valence-corrected chi connectivity index (χ4v) is 4.81.